The second-order valence-corrected chi connectivity index (χ2v) is 6.14. The third-order valence-corrected chi connectivity index (χ3v) is 4.30. The number of carbonyl (C=O) groups is 1. The van der Waals surface area contributed by atoms with Crippen molar-refractivity contribution in [2.45, 2.75) is 12.6 Å². The summed E-state index contributed by atoms with van der Waals surface area (Å²) in [7, 11) is 0. The average molecular weight is 382 g/mol. The lowest BCUT2D eigenvalue weighted by atomic mass is 10.2. The zero-order chi connectivity index (χ0) is 19.4. The first-order valence-electron chi connectivity index (χ1n) is 8.43. The van der Waals surface area contributed by atoms with Crippen molar-refractivity contribution in [2.24, 2.45) is 0 Å². The van der Waals surface area contributed by atoms with E-state index in [2.05, 4.69) is 10.3 Å². The Morgan fingerprint density at radius 3 is 2.48 bits per heavy atom. The zero-order valence-corrected chi connectivity index (χ0v) is 14.3. The van der Waals surface area contributed by atoms with Crippen LogP contribution in [0.5, 0.6) is 0 Å². The number of pyridine rings is 1. The summed E-state index contributed by atoms with van der Waals surface area (Å²) in [5.41, 5.74) is -0.694. The minimum absolute atomic E-state index is 0.105. The number of hydrogen-bond donors (Lipinski definition) is 1. The van der Waals surface area contributed by atoms with Crippen molar-refractivity contribution in [3.05, 3.63) is 54.0 Å². The van der Waals surface area contributed by atoms with E-state index in [0.717, 1.165) is 12.3 Å². The van der Waals surface area contributed by atoms with E-state index in [1.807, 2.05) is 4.90 Å². The molecule has 0 aliphatic carbocycles. The number of urea groups is 1. The predicted octanol–water partition coefficient (Wildman–Crippen LogP) is 3.98. The number of aromatic nitrogens is 1. The van der Waals surface area contributed by atoms with Gasteiger partial charge in [0.15, 0.2) is 0 Å². The molecule has 0 unspecified atom stereocenters. The standard InChI is InChI=1S/C18H18F4N4O/c19-14-4-1-2-5-15(14)24-17(27)26-9-3-8-25(10-11-26)16-7-6-13(12-23-16)18(20,21)22/h1-2,4-7,12H,3,8-11H2,(H,24,27). The van der Waals surface area contributed by atoms with Gasteiger partial charge in [-0.25, -0.2) is 14.2 Å². The van der Waals surface area contributed by atoms with Crippen LogP contribution in [0.25, 0.3) is 0 Å². The first-order valence-corrected chi connectivity index (χ1v) is 8.43. The van der Waals surface area contributed by atoms with E-state index in [9.17, 15) is 22.4 Å². The van der Waals surface area contributed by atoms with E-state index in [4.69, 9.17) is 0 Å². The summed E-state index contributed by atoms with van der Waals surface area (Å²) in [4.78, 5) is 19.6. The predicted molar refractivity (Wildman–Crippen MR) is 93.1 cm³/mol. The van der Waals surface area contributed by atoms with Crippen molar-refractivity contribution in [1.29, 1.82) is 0 Å². The van der Waals surface area contributed by atoms with Crippen LogP contribution >= 0.6 is 0 Å². The number of hydrogen-bond acceptors (Lipinski definition) is 3. The minimum Gasteiger partial charge on any atom is -0.355 e. The molecule has 1 aromatic heterocycles. The summed E-state index contributed by atoms with van der Waals surface area (Å²) in [5.74, 6) is -0.0874. The Morgan fingerprint density at radius 2 is 1.81 bits per heavy atom. The van der Waals surface area contributed by atoms with Gasteiger partial charge in [-0.3, -0.25) is 0 Å². The van der Waals surface area contributed by atoms with Crippen LogP contribution in [0.3, 0.4) is 0 Å². The molecule has 27 heavy (non-hydrogen) atoms. The Kier molecular flexibility index (Phi) is 5.48. The smallest absolute Gasteiger partial charge is 0.355 e. The van der Waals surface area contributed by atoms with Gasteiger partial charge >= 0.3 is 12.2 Å². The van der Waals surface area contributed by atoms with Gasteiger partial charge in [-0.05, 0) is 30.7 Å². The number of amides is 2. The minimum atomic E-state index is -4.42. The molecular formula is C18H18F4N4O. The molecule has 9 heteroatoms. The average Bonchev–Trinajstić information content (AvgIpc) is 2.89. The van der Waals surface area contributed by atoms with Gasteiger partial charge in [0.1, 0.15) is 11.6 Å². The highest BCUT2D eigenvalue weighted by Gasteiger charge is 2.31. The fraction of sp³-hybridized carbons (Fsp3) is 0.333. The largest absolute Gasteiger partial charge is 0.417 e. The van der Waals surface area contributed by atoms with Gasteiger partial charge in [-0.2, -0.15) is 13.2 Å². The fourth-order valence-corrected chi connectivity index (χ4v) is 2.85. The highest BCUT2D eigenvalue weighted by Crippen LogP contribution is 2.29. The van der Waals surface area contributed by atoms with E-state index >= 15 is 0 Å². The van der Waals surface area contributed by atoms with E-state index in [-0.39, 0.29) is 5.69 Å². The SMILES string of the molecule is O=C(Nc1ccccc1F)N1CCCN(c2ccc(C(F)(F)F)cn2)CC1. The van der Waals surface area contributed by atoms with Crippen LogP contribution in [0.1, 0.15) is 12.0 Å². The second-order valence-electron chi connectivity index (χ2n) is 6.14. The van der Waals surface area contributed by atoms with Gasteiger partial charge in [-0.1, -0.05) is 12.1 Å². The van der Waals surface area contributed by atoms with Crippen molar-refractivity contribution in [3.8, 4) is 0 Å². The Bertz CT molecular complexity index is 795. The van der Waals surface area contributed by atoms with Crippen molar-refractivity contribution < 1.29 is 22.4 Å². The molecule has 144 valence electrons. The van der Waals surface area contributed by atoms with Crippen molar-refractivity contribution >= 4 is 17.5 Å². The monoisotopic (exact) mass is 382 g/mol. The number of nitrogens with zero attached hydrogens (tertiary/aromatic N) is 3. The number of nitrogens with one attached hydrogen (secondary N) is 1. The van der Waals surface area contributed by atoms with Gasteiger partial charge in [0.2, 0.25) is 0 Å². The molecule has 0 atom stereocenters. The lowest BCUT2D eigenvalue weighted by molar-refractivity contribution is -0.137. The molecule has 1 saturated heterocycles. The summed E-state index contributed by atoms with van der Waals surface area (Å²) in [6, 6.07) is 7.81. The quantitative estimate of drug-likeness (QED) is 0.800. The molecule has 0 saturated carbocycles. The van der Waals surface area contributed by atoms with Gasteiger partial charge < -0.3 is 15.1 Å². The summed E-state index contributed by atoms with van der Waals surface area (Å²) >= 11 is 0. The third-order valence-electron chi connectivity index (χ3n) is 4.30. The number of rotatable bonds is 2. The molecule has 1 N–H and O–H groups in total. The maximum absolute atomic E-state index is 13.7. The van der Waals surface area contributed by atoms with Crippen LogP contribution in [-0.2, 0) is 6.18 Å². The van der Waals surface area contributed by atoms with Crippen molar-refractivity contribution in [3.63, 3.8) is 0 Å². The summed E-state index contributed by atoms with van der Waals surface area (Å²) in [6.45, 7) is 1.78. The molecule has 5 nitrogen and oxygen atoms in total. The first kappa shape index (κ1) is 18.9. The Labute approximate surface area is 153 Å². The lowest BCUT2D eigenvalue weighted by Crippen LogP contribution is -2.38. The molecule has 2 heterocycles. The maximum Gasteiger partial charge on any atom is 0.417 e. The molecule has 0 bridgehead atoms. The van der Waals surface area contributed by atoms with E-state index in [1.54, 1.807) is 11.0 Å². The second kappa shape index (κ2) is 7.81. The molecule has 1 aromatic carbocycles. The molecule has 2 amide bonds. The summed E-state index contributed by atoms with van der Waals surface area (Å²) in [6.07, 6.45) is -3.00. The number of benzene rings is 1. The van der Waals surface area contributed by atoms with E-state index in [0.29, 0.717) is 38.4 Å². The molecule has 3 rings (SSSR count). The van der Waals surface area contributed by atoms with Crippen LogP contribution in [0.15, 0.2) is 42.6 Å². The molecule has 0 spiro atoms. The van der Waals surface area contributed by atoms with Gasteiger partial charge in [0.05, 0.1) is 11.3 Å². The van der Waals surface area contributed by atoms with Crippen LogP contribution in [0.4, 0.5) is 33.9 Å². The van der Waals surface area contributed by atoms with Crippen molar-refractivity contribution in [2.75, 3.05) is 36.4 Å². The Balaban J connectivity index is 1.62. The van der Waals surface area contributed by atoms with Gasteiger partial charge in [0.25, 0.3) is 0 Å². The fourth-order valence-electron chi connectivity index (χ4n) is 2.85. The van der Waals surface area contributed by atoms with Crippen LogP contribution in [0, 0.1) is 5.82 Å². The lowest BCUT2D eigenvalue weighted by Gasteiger charge is -2.23. The van der Waals surface area contributed by atoms with Crippen LogP contribution in [0.2, 0.25) is 0 Å². The molecular weight excluding hydrogens is 364 g/mol. The van der Waals surface area contributed by atoms with E-state index in [1.165, 1.54) is 24.3 Å². The maximum atomic E-state index is 13.7. The van der Waals surface area contributed by atoms with Crippen LogP contribution < -0.4 is 10.2 Å². The Hall–Kier alpha value is -2.84. The highest BCUT2D eigenvalue weighted by molar-refractivity contribution is 5.89. The Morgan fingerprint density at radius 1 is 1.04 bits per heavy atom. The molecule has 1 fully saturated rings. The topological polar surface area (TPSA) is 48.5 Å². The summed E-state index contributed by atoms with van der Waals surface area (Å²) < 4.78 is 51.6. The normalized spacial score (nSPS) is 15.4. The first-order chi connectivity index (χ1) is 12.8. The van der Waals surface area contributed by atoms with Crippen LogP contribution in [-0.4, -0.2) is 42.1 Å². The molecule has 1 aliphatic heterocycles. The number of carbonyl (C=O) groups excluding carboxylic acids is 1. The zero-order valence-electron chi connectivity index (χ0n) is 14.3. The number of para-hydroxylation sites is 1. The van der Waals surface area contributed by atoms with Gasteiger partial charge in [0, 0.05) is 32.4 Å². The highest BCUT2D eigenvalue weighted by atomic mass is 19.4. The third kappa shape index (κ3) is 4.66. The number of anilines is 2. The van der Waals surface area contributed by atoms with Gasteiger partial charge in [-0.15, -0.1) is 0 Å². The summed E-state index contributed by atoms with van der Waals surface area (Å²) in [5, 5.41) is 2.54. The molecule has 0 radical (unpaired) electrons. The molecule has 2 aromatic rings. The van der Waals surface area contributed by atoms with Crippen molar-refractivity contribution in [1.82, 2.24) is 9.88 Å². The van der Waals surface area contributed by atoms with E-state index < -0.39 is 23.6 Å². The number of alkyl halides is 3. The number of halogens is 4. The molecule has 1 aliphatic rings.